The number of methoxy groups -OCH3 is 2. The van der Waals surface area contributed by atoms with E-state index >= 15 is 0 Å². The SMILES string of the molecule is COC1(OC)C=CC(=O)CC1c1ccccc1. The number of carbonyl (C=O) groups excluding carboxylic acids is 1. The third-order valence-corrected chi connectivity index (χ3v) is 3.23. The highest BCUT2D eigenvalue weighted by Crippen LogP contribution is 2.38. The number of carbonyl (C=O) groups is 1. The van der Waals surface area contributed by atoms with E-state index in [0.29, 0.717) is 6.42 Å². The van der Waals surface area contributed by atoms with Gasteiger partial charge in [0.2, 0.25) is 0 Å². The fraction of sp³-hybridized carbons (Fsp3) is 0.357. The van der Waals surface area contributed by atoms with E-state index in [1.165, 1.54) is 6.08 Å². The van der Waals surface area contributed by atoms with Crippen LogP contribution in [0, 0.1) is 0 Å². The van der Waals surface area contributed by atoms with Crippen molar-refractivity contribution in [1.29, 1.82) is 0 Å². The quantitative estimate of drug-likeness (QED) is 0.750. The van der Waals surface area contributed by atoms with E-state index in [0.717, 1.165) is 5.56 Å². The average molecular weight is 232 g/mol. The summed E-state index contributed by atoms with van der Waals surface area (Å²) in [5, 5.41) is 0. The van der Waals surface area contributed by atoms with Crippen LogP contribution in [0.4, 0.5) is 0 Å². The van der Waals surface area contributed by atoms with Crippen molar-refractivity contribution >= 4 is 5.78 Å². The lowest BCUT2D eigenvalue weighted by molar-refractivity contribution is -0.190. The van der Waals surface area contributed by atoms with Gasteiger partial charge >= 0.3 is 0 Å². The molecule has 0 saturated heterocycles. The first-order valence-electron chi connectivity index (χ1n) is 5.59. The third kappa shape index (κ3) is 2.16. The summed E-state index contributed by atoms with van der Waals surface area (Å²) < 4.78 is 11.0. The Kier molecular flexibility index (Phi) is 3.41. The van der Waals surface area contributed by atoms with E-state index in [1.54, 1.807) is 20.3 Å². The molecule has 1 unspecified atom stereocenters. The summed E-state index contributed by atoms with van der Waals surface area (Å²) >= 11 is 0. The van der Waals surface area contributed by atoms with E-state index < -0.39 is 5.79 Å². The minimum absolute atomic E-state index is 0.101. The highest BCUT2D eigenvalue weighted by molar-refractivity contribution is 5.91. The first-order valence-corrected chi connectivity index (χ1v) is 5.59. The smallest absolute Gasteiger partial charge is 0.195 e. The molecule has 0 saturated carbocycles. The van der Waals surface area contributed by atoms with Crippen LogP contribution in [0.2, 0.25) is 0 Å². The number of allylic oxidation sites excluding steroid dienone is 1. The Hall–Kier alpha value is -1.45. The number of benzene rings is 1. The van der Waals surface area contributed by atoms with Crippen molar-refractivity contribution in [3.8, 4) is 0 Å². The Labute approximate surface area is 101 Å². The normalized spacial score (nSPS) is 22.7. The molecule has 0 spiro atoms. The van der Waals surface area contributed by atoms with Crippen molar-refractivity contribution < 1.29 is 14.3 Å². The molecule has 2 rings (SSSR count). The predicted octanol–water partition coefficient (Wildman–Crippen LogP) is 2.29. The summed E-state index contributed by atoms with van der Waals surface area (Å²) in [5.74, 6) is -0.838. The zero-order chi connectivity index (χ0) is 12.3. The maximum absolute atomic E-state index is 11.6. The van der Waals surface area contributed by atoms with E-state index in [4.69, 9.17) is 9.47 Å². The van der Waals surface area contributed by atoms with Gasteiger partial charge in [-0.05, 0) is 17.7 Å². The summed E-state index contributed by atoms with van der Waals surface area (Å²) in [6, 6.07) is 9.83. The van der Waals surface area contributed by atoms with Gasteiger partial charge in [-0.3, -0.25) is 4.79 Å². The summed E-state index contributed by atoms with van der Waals surface area (Å²) in [7, 11) is 3.19. The van der Waals surface area contributed by atoms with Crippen LogP contribution in [0.5, 0.6) is 0 Å². The van der Waals surface area contributed by atoms with Gasteiger partial charge in [-0.2, -0.15) is 0 Å². The molecule has 1 aliphatic carbocycles. The lowest BCUT2D eigenvalue weighted by Crippen LogP contribution is -2.41. The Morgan fingerprint density at radius 2 is 1.82 bits per heavy atom. The molecule has 3 nitrogen and oxygen atoms in total. The minimum Gasteiger partial charge on any atom is -0.349 e. The van der Waals surface area contributed by atoms with Crippen molar-refractivity contribution in [2.24, 2.45) is 0 Å². The van der Waals surface area contributed by atoms with Crippen LogP contribution in [0.15, 0.2) is 42.5 Å². The molecule has 0 fully saturated rings. The maximum atomic E-state index is 11.6. The molecule has 0 bridgehead atoms. The van der Waals surface area contributed by atoms with Crippen LogP contribution in [0.1, 0.15) is 17.9 Å². The van der Waals surface area contributed by atoms with E-state index in [2.05, 4.69) is 0 Å². The molecular weight excluding hydrogens is 216 g/mol. The first kappa shape index (κ1) is 12.0. The highest BCUT2D eigenvalue weighted by Gasteiger charge is 2.41. The molecule has 0 aliphatic heterocycles. The molecule has 3 heteroatoms. The highest BCUT2D eigenvalue weighted by atomic mass is 16.7. The molecule has 1 aliphatic rings. The summed E-state index contributed by atoms with van der Waals surface area (Å²) in [5.41, 5.74) is 1.05. The maximum Gasteiger partial charge on any atom is 0.195 e. The van der Waals surface area contributed by atoms with Gasteiger partial charge < -0.3 is 9.47 Å². The van der Waals surface area contributed by atoms with Crippen LogP contribution < -0.4 is 0 Å². The lowest BCUT2D eigenvalue weighted by Gasteiger charge is -2.37. The zero-order valence-electron chi connectivity index (χ0n) is 10.1. The monoisotopic (exact) mass is 232 g/mol. The zero-order valence-corrected chi connectivity index (χ0v) is 10.1. The second-order valence-electron chi connectivity index (χ2n) is 4.10. The van der Waals surface area contributed by atoms with Gasteiger partial charge in [0.15, 0.2) is 11.6 Å². The third-order valence-electron chi connectivity index (χ3n) is 3.23. The standard InChI is InChI=1S/C14H16O3/c1-16-14(17-2)9-8-12(15)10-13(14)11-6-4-3-5-7-11/h3-9,13H,10H2,1-2H3. The summed E-state index contributed by atoms with van der Waals surface area (Å²) in [4.78, 5) is 11.6. The number of rotatable bonds is 3. The second kappa shape index (κ2) is 4.82. The fourth-order valence-corrected chi connectivity index (χ4v) is 2.28. The van der Waals surface area contributed by atoms with Crippen LogP contribution in [0.3, 0.4) is 0 Å². The van der Waals surface area contributed by atoms with Crippen molar-refractivity contribution in [2.75, 3.05) is 14.2 Å². The molecule has 0 heterocycles. The predicted molar refractivity (Wildman–Crippen MR) is 64.7 cm³/mol. The van der Waals surface area contributed by atoms with Crippen molar-refractivity contribution in [3.63, 3.8) is 0 Å². The van der Waals surface area contributed by atoms with Gasteiger partial charge in [0.05, 0.1) is 0 Å². The van der Waals surface area contributed by atoms with Crippen molar-refractivity contribution in [3.05, 3.63) is 48.0 Å². The van der Waals surface area contributed by atoms with Crippen LogP contribution in [-0.4, -0.2) is 25.8 Å². The van der Waals surface area contributed by atoms with Gasteiger partial charge in [0, 0.05) is 26.6 Å². The number of ketones is 1. The first-order chi connectivity index (χ1) is 8.22. The second-order valence-corrected chi connectivity index (χ2v) is 4.10. The number of hydrogen-bond acceptors (Lipinski definition) is 3. The number of hydrogen-bond donors (Lipinski definition) is 0. The van der Waals surface area contributed by atoms with Gasteiger partial charge in [-0.1, -0.05) is 30.3 Å². The molecule has 0 N–H and O–H groups in total. The van der Waals surface area contributed by atoms with Gasteiger partial charge in [0.25, 0.3) is 0 Å². The van der Waals surface area contributed by atoms with E-state index in [1.807, 2.05) is 30.3 Å². The molecule has 90 valence electrons. The molecule has 0 radical (unpaired) electrons. The van der Waals surface area contributed by atoms with Gasteiger partial charge in [0.1, 0.15) is 0 Å². The summed E-state index contributed by atoms with van der Waals surface area (Å²) in [6.07, 6.45) is 3.64. The molecule has 17 heavy (non-hydrogen) atoms. The molecule has 0 amide bonds. The molecule has 1 aromatic rings. The lowest BCUT2D eigenvalue weighted by atomic mass is 9.82. The Balaban J connectivity index is 2.42. The average Bonchev–Trinajstić information content (AvgIpc) is 2.40. The van der Waals surface area contributed by atoms with Crippen molar-refractivity contribution in [1.82, 2.24) is 0 Å². The van der Waals surface area contributed by atoms with E-state index in [-0.39, 0.29) is 11.7 Å². The fourth-order valence-electron chi connectivity index (χ4n) is 2.28. The van der Waals surface area contributed by atoms with Crippen LogP contribution in [0.25, 0.3) is 0 Å². The van der Waals surface area contributed by atoms with Gasteiger partial charge in [-0.25, -0.2) is 0 Å². The Morgan fingerprint density at radius 3 is 2.41 bits per heavy atom. The minimum atomic E-state index is -0.838. The van der Waals surface area contributed by atoms with Gasteiger partial charge in [-0.15, -0.1) is 0 Å². The topological polar surface area (TPSA) is 35.5 Å². The Morgan fingerprint density at radius 1 is 1.18 bits per heavy atom. The Bertz CT molecular complexity index is 418. The molecule has 0 aromatic heterocycles. The summed E-state index contributed by atoms with van der Waals surface area (Å²) in [6.45, 7) is 0. The molecule has 1 atom stereocenters. The number of ether oxygens (including phenoxy) is 2. The van der Waals surface area contributed by atoms with Crippen molar-refractivity contribution in [2.45, 2.75) is 18.1 Å². The molecular formula is C14H16O3. The molecule has 1 aromatic carbocycles. The van der Waals surface area contributed by atoms with E-state index in [9.17, 15) is 4.79 Å². The van der Waals surface area contributed by atoms with Crippen LogP contribution in [-0.2, 0) is 14.3 Å². The largest absolute Gasteiger partial charge is 0.349 e. The van der Waals surface area contributed by atoms with Crippen LogP contribution >= 0.6 is 0 Å².